The second-order valence-corrected chi connectivity index (χ2v) is 9.60. The molecule has 1 atom stereocenters. The van der Waals surface area contributed by atoms with E-state index in [-0.39, 0.29) is 5.91 Å². The number of imidazole rings is 1. The van der Waals surface area contributed by atoms with Crippen LogP contribution in [0.3, 0.4) is 0 Å². The van der Waals surface area contributed by atoms with Gasteiger partial charge in [0.15, 0.2) is 6.21 Å². The predicted octanol–water partition coefficient (Wildman–Crippen LogP) is 5.62. The molecule has 2 aromatic rings. The van der Waals surface area contributed by atoms with Crippen molar-refractivity contribution in [2.24, 2.45) is 13.0 Å². The number of carbonyl (C=O) groups excluding carboxylic acids is 1. The molecule has 0 saturated carbocycles. The van der Waals surface area contributed by atoms with Gasteiger partial charge in [-0.1, -0.05) is 32.1 Å². The minimum absolute atomic E-state index is 0.218. The first-order valence-corrected chi connectivity index (χ1v) is 12.2. The topological polar surface area (TPSA) is 59.2 Å². The number of methoxy groups -OCH3 is 1. The summed E-state index contributed by atoms with van der Waals surface area (Å²) in [5, 5.41) is 3.03. The molecule has 1 aliphatic rings. The summed E-state index contributed by atoms with van der Waals surface area (Å²) in [6.07, 6.45) is 7.64. The summed E-state index contributed by atoms with van der Waals surface area (Å²) in [5.74, 6) is 1.54. The van der Waals surface area contributed by atoms with Crippen molar-refractivity contribution in [3.8, 4) is 0 Å². The number of hydrogen-bond acceptors (Lipinski definition) is 3. The number of ether oxygens (including phenoxy) is 1. The normalized spacial score (nSPS) is 15.8. The molecule has 1 aromatic heterocycles. The summed E-state index contributed by atoms with van der Waals surface area (Å²) >= 11 is 0. The van der Waals surface area contributed by atoms with Crippen LogP contribution < -0.4 is 5.32 Å². The van der Waals surface area contributed by atoms with Crippen LogP contribution in [0.15, 0.2) is 58.9 Å². The van der Waals surface area contributed by atoms with Crippen LogP contribution in [0.5, 0.6) is 0 Å². The van der Waals surface area contributed by atoms with E-state index in [1.165, 1.54) is 11.1 Å². The van der Waals surface area contributed by atoms with Gasteiger partial charge < -0.3 is 9.30 Å². The van der Waals surface area contributed by atoms with E-state index in [0.717, 1.165) is 52.9 Å². The molecule has 35 heavy (non-hydrogen) atoms. The van der Waals surface area contributed by atoms with E-state index in [1.54, 1.807) is 7.11 Å². The summed E-state index contributed by atoms with van der Waals surface area (Å²) < 4.78 is 9.65. The number of anilines is 1. The number of aromatic nitrogens is 2. The van der Waals surface area contributed by atoms with Gasteiger partial charge in [0.2, 0.25) is 5.95 Å². The maximum absolute atomic E-state index is 13.6. The number of allylic oxidation sites excluding steroid dienone is 4. The second-order valence-electron chi connectivity index (χ2n) is 9.60. The van der Waals surface area contributed by atoms with Crippen LogP contribution in [0, 0.1) is 19.8 Å². The summed E-state index contributed by atoms with van der Waals surface area (Å²) in [5.41, 5.74) is 7.55. The zero-order valence-electron chi connectivity index (χ0n) is 22.5. The fraction of sp³-hybridized carbons (Fsp3) is 0.414. The van der Waals surface area contributed by atoms with Crippen LogP contribution in [0.25, 0.3) is 11.0 Å². The van der Waals surface area contributed by atoms with Gasteiger partial charge in [0.05, 0.1) is 30.1 Å². The number of hydrogen-bond donors (Lipinski definition) is 1. The third-order valence-corrected chi connectivity index (χ3v) is 7.02. The third-order valence-electron chi connectivity index (χ3n) is 7.02. The van der Waals surface area contributed by atoms with E-state index in [1.807, 2.05) is 37.0 Å². The number of nitrogens with one attached hydrogen (secondary N) is 1. The number of nitrogens with zero attached hydrogens (tertiary/aromatic N) is 3. The Bertz CT molecular complexity index is 1290. The first-order valence-electron chi connectivity index (χ1n) is 12.2. The lowest BCUT2D eigenvalue weighted by Crippen LogP contribution is -2.20. The molecule has 0 bridgehead atoms. The standard InChI is InChI=1S/C29H38N4O2/c1-10-18(2)19(3)13-23(14-22(6)24-17-32(7)12-11-27(24)35-9)28(34)31-29-30-25-15-20(4)21(5)16-26(25)33(29)8/h13-18H,6,10-12H2,1-5,7-9H3/p+1/b19-13-,23-14+/t18-/m1/s1. The SMILES string of the molecule is C=C(/C=C(\C=C(\C)[C@H](C)CC)C(=O)Nc1nc2cc(C)c(C)cc2n1C)C1=C(OC)CC[N+](C)=C1. The number of fused-ring (bicyclic) bond motifs is 1. The highest BCUT2D eigenvalue weighted by molar-refractivity contribution is 6.06. The van der Waals surface area contributed by atoms with Gasteiger partial charge >= 0.3 is 0 Å². The van der Waals surface area contributed by atoms with E-state index in [0.29, 0.717) is 17.4 Å². The Morgan fingerprint density at radius 2 is 2.00 bits per heavy atom. The third kappa shape index (κ3) is 5.81. The Hall–Kier alpha value is -3.41. The molecule has 0 unspecified atom stereocenters. The smallest absolute Gasteiger partial charge is 0.257 e. The molecule has 2 heterocycles. The van der Waals surface area contributed by atoms with E-state index >= 15 is 0 Å². The maximum atomic E-state index is 13.6. The molecule has 1 N–H and O–H groups in total. The van der Waals surface area contributed by atoms with Gasteiger partial charge in [-0.25, -0.2) is 9.56 Å². The summed E-state index contributed by atoms with van der Waals surface area (Å²) in [6, 6.07) is 4.16. The number of benzene rings is 1. The van der Waals surface area contributed by atoms with Crippen molar-refractivity contribution in [3.63, 3.8) is 0 Å². The average molecular weight is 476 g/mol. The second kappa shape index (κ2) is 10.9. The minimum atomic E-state index is -0.218. The van der Waals surface area contributed by atoms with Gasteiger partial charge in [-0.15, -0.1) is 0 Å². The van der Waals surface area contributed by atoms with Crippen molar-refractivity contribution in [2.75, 3.05) is 26.0 Å². The molecular formula is C29H39N4O2+. The monoisotopic (exact) mass is 475 g/mol. The lowest BCUT2D eigenvalue weighted by Gasteiger charge is -2.15. The molecule has 1 aliphatic heterocycles. The highest BCUT2D eigenvalue weighted by Crippen LogP contribution is 2.25. The van der Waals surface area contributed by atoms with Crippen molar-refractivity contribution >= 4 is 29.1 Å². The molecule has 186 valence electrons. The van der Waals surface area contributed by atoms with Crippen molar-refractivity contribution in [1.82, 2.24) is 9.55 Å². The van der Waals surface area contributed by atoms with Crippen LogP contribution in [-0.2, 0) is 16.6 Å². The van der Waals surface area contributed by atoms with E-state index in [4.69, 9.17) is 4.74 Å². The fourth-order valence-corrected chi connectivity index (χ4v) is 4.12. The number of amides is 1. The molecule has 0 fully saturated rings. The fourth-order valence-electron chi connectivity index (χ4n) is 4.12. The van der Waals surface area contributed by atoms with Gasteiger partial charge in [-0.05, 0) is 68.0 Å². The van der Waals surface area contributed by atoms with Gasteiger partial charge in [0.1, 0.15) is 19.4 Å². The first kappa shape index (κ1) is 26.2. The highest BCUT2D eigenvalue weighted by atomic mass is 16.5. The van der Waals surface area contributed by atoms with Crippen LogP contribution >= 0.6 is 0 Å². The first-order chi connectivity index (χ1) is 16.5. The van der Waals surface area contributed by atoms with Gasteiger partial charge in [-0.2, -0.15) is 0 Å². The quantitative estimate of drug-likeness (QED) is 0.306. The summed E-state index contributed by atoms with van der Waals surface area (Å²) in [4.78, 5) is 18.3. The van der Waals surface area contributed by atoms with Crippen LogP contribution in [0.4, 0.5) is 5.95 Å². The van der Waals surface area contributed by atoms with E-state index in [9.17, 15) is 4.79 Å². The number of rotatable bonds is 8. The van der Waals surface area contributed by atoms with Crippen LogP contribution in [0.1, 0.15) is 44.7 Å². The minimum Gasteiger partial charge on any atom is -0.500 e. The van der Waals surface area contributed by atoms with E-state index in [2.05, 4.69) is 68.2 Å². The van der Waals surface area contributed by atoms with Crippen LogP contribution in [-0.4, -0.2) is 47.0 Å². The molecule has 6 nitrogen and oxygen atoms in total. The highest BCUT2D eigenvalue weighted by Gasteiger charge is 2.21. The number of carbonyl (C=O) groups is 1. The summed E-state index contributed by atoms with van der Waals surface area (Å²) in [6.45, 7) is 15.7. The molecule has 0 radical (unpaired) electrons. The molecular weight excluding hydrogens is 436 g/mol. The molecule has 3 rings (SSSR count). The molecule has 0 spiro atoms. The van der Waals surface area contributed by atoms with Crippen molar-refractivity contribution in [1.29, 1.82) is 0 Å². The Labute approximate surface area is 209 Å². The molecule has 1 aromatic carbocycles. The average Bonchev–Trinajstić information content (AvgIpc) is 3.11. The van der Waals surface area contributed by atoms with E-state index < -0.39 is 0 Å². The number of aryl methyl sites for hydroxylation is 3. The Morgan fingerprint density at radius 1 is 1.31 bits per heavy atom. The van der Waals surface area contributed by atoms with Crippen molar-refractivity contribution in [3.05, 3.63) is 70.0 Å². The molecule has 0 aliphatic carbocycles. The molecule has 0 saturated heterocycles. The lowest BCUT2D eigenvalue weighted by molar-refractivity contribution is -0.493. The molecule has 1 amide bonds. The lowest BCUT2D eigenvalue weighted by atomic mass is 9.95. The van der Waals surface area contributed by atoms with Gasteiger partial charge in [0.25, 0.3) is 5.91 Å². The predicted molar refractivity (Wildman–Crippen MR) is 145 cm³/mol. The Balaban J connectivity index is 2.02. The van der Waals surface area contributed by atoms with Crippen LogP contribution in [0.2, 0.25) is 0 Å². The van der Waals surface area contributed by atoms with Gasteiger partial charge in [-0.3, -0.25) is 10.1 Å². The maximum Gasteiger partial charge on any atom is 0.257 e. The zero-order valence-corrected chi connectivity index (χ0v) is 22.5. The molecule has 6 heteroatoms. The van der Waals surface area contributed by atoms with Crippen molar-refractivity contribution in [2.45, 2.75) is 47.5 Å². The largest absolute Gasteiger partial charge is 0.500 e. The Morgan fingerprint density at radius 3 is 2.66 bits per heavy atom. The summed E-state index contributed by atoms with van der Waals surface area (Å²) in [7, 11) is 5.63. The van der Waals surface area contributed by atoms with Gasteiger partial charge in [0, 0.05) is 12.6 Å². The Kier molecular flexibility index (Phi) is 8.15. The zero-order chi connectivity index (χ0) is 25.9. The van der Waals surface area contributed by atoms with Crippen molar-refractivity contribution < 1.29 is 14.1 Å².